The Balaban J connectivity index is 2.97. The van der Waals surface area contributed by atoms with Crippen LogP contribution in [0.15, 0.2) is 29.2 Å². The van der Waals surface area contributed by atoms with Gasteiger partial charge in [-0.15, -0.1) is 11.8 Å². The summed E-state index contributed by atoms with van der Waals surface area (Å²) in [5.41, 5.74) is 0.473. The zero-order valence-corrected chi connectivity index (χ0v) is 9.97. The van der Waals surface area contributed by atoms with Crippen molar-refractivity contribution in [2.24, 2.45) is 0 Å². The smallest absolute Gasteiger partial charge is 0.350 e. The van der Waals surface area contributed by atoms with Crippen LogP contribution in [-0.2, 0) is 14.3 Å². The van der Waals surface area contributed by atoms with Crippen LogP contribution in [0.4, 0.5) is 0 Å². The van der Waals surface area contributed by atoms with Crippen molar-refractivity contribution in [3.05, 3.63) is 29.8 Å². The molecule has 1 aromatic carbocycles. The number of carbonyl (C=O) groups excluding carboxylic acids is 2. The molecule has 16 heavy (non-hydrogen) atoms. The van der Waals surface area contributed by atoms with Crippen LogP contribution < -0.4 is 0 Å². The van der Waals surface area contributed by atoms with Crippen molar-refractivity contribution in [1.82, 2.24) is 0 Å². The van der Waals surface area contributed by atoms with Crippen LogP contribution in [-0.4, -0.2) is 24.8 Å². The number of esters is 1. The molecule has 0 unspecified atom stereocenters. The lowest BCUT2D eigenvalue weighted by Gasteiger charge is -2.03. The SMILES string of the molecule is CCOC(=O)C(=C=O)c1ccc(SC)cc1. The summed E-state index contributed by atoms with van der Waals surface area (Å²) in [6.07, 6.45) is 1.96. The minimum atomic E-state index is -0.630. The van der Waals surface area contributed by atoms with E-state index in [0.29, 0.717) is 5.56 Å². The lowest BCUT2D eigenvalue weighted by molar-refractivity contribution is -0.135. The van der Waals surface area contributed by atoms with E-state index in [-0.39, 0.29) is 12.2 Å². The average Bonchev–Trinajstić information content (AvgIpc) is 2.31. The van der Waals surface area contributed by atoms with Crippen LogP contribution >= 0.6 is 11.8 Å². The predicted molar refractivity (Wildman–Crippen MR) is 64.0 cm³/mol. The Morgan fingerprint density at radius 1 is 1.38 bits per heavy atom. The Morgan fingerprint density at radius 2 is 2.00 bits per heavy atom. The van der Waals surface area contributed by atoms with E-state index in [1.807, 2.05) is 18.4 Å². The second-order valence-corrected chi connectivity index (χ2v) is 3.81. The number of rotatable bonds is 4. The number of benzene rings is 1. The molecule has 0 aromatic heterocycles. The monoisotopic (exact) mass is 236 g/mol. The van der Waals surface area contributed by atoms with Crippen molar-refractivity contribution < 1.29 is 14.3 Å². The van der Waals surface area contributed by atoms with Crippen LogP contribution in [0.2, 0.25) is 0 Å². The highest BCUT2D eigenvalue weighted by Crippen LogP contribution is 2.19. The van der Waals surface area contributed by atoms with Crippen molar-refractivity contribution >= 4 is 29.2 Å². The Bertz CT molecular complexity index is 416. The highest BCUT2D eigenvalue weighted by atomic mass is 32.2. The molecule has 1 rings (SSSR count). The molecule has 0 aliphatic carbocycles. The first-order valence-electron chi connectivity index (χ1n) is 4.79. The minimum Gasteiger partial charge on any atom is -0.462 e. The molecule has 0 saturated carbocycles. The molecule has 0 atom stereocenters. The first-order chi connectivity index (χ1) is 7.72. The van der Waals surface area contributed by atoms with E-state index in [2.05, 4.69) is 0 Å². The maximum atomic E-state index is 11.4. The van der Waals surface area contributed by atoms with Gasteiger partial charge in [0.05, 0.1) is 6.61 Å². The molecular formula is C12H12O3S. The summed E-state index contributed by atoms with van der Waals surface area (Å²) in [6.45, 7) is 1.93. The van der Waals surface area contributed by atoms with Gasteiger partial charge in [0, 0.05) is 10.5 Å². The van der Waals surface area contributed by atoms with Gasteiger partial charge in [-0.1, -0.05) is 12.1 Å². The summed E-state index contributed by atoms with van der Waals surface area (Å²) in [6, 6.07) is 7.11. The molecule has 4 heteroatoms. The Labute approximate surface area is 98.5 Å². The molecule has 0 amide bonds. The zero-order chi connectivity index (χ0) is 12.0. The average molecular weight is 236 g/mol. The third-order valence-electron chi connectivity index (χ3n) is 1.96. The van der Waals surface area contributed by atoms with Gasteiger partial charge in [0.15, 0.2) is 5.57 Å². The molecular weight excluding hydrogens is 224 g/mol. The maximum absolute atomic E-state index is 11.4. The predicted octanol–water partition coefficient (Wildman–Crippen LogP) is 2.19. The summed E-state index contributed by atoms with van der Waals surface area (Å²) in [7, 11) is 0. The quantitative estimate of drug-likeness (QED) is 0.348. The summed E-state index contributed by atoms with van der Waals surface area (Å²) in [5, 5.41) is 0. The van der Waals surface area contributed by atoms with Gasteiger partial charge in [-0.25, -0.2) is 9.59 Å². The van der Waals surface area contributed by atoms with E-state index in [1.54, 1.807) is 36.8 Å². The Morgan fingerprint density at radius 3 is 2.44 bits per heavy atom. The van der Waals surface area contributed by atoms with E-state index in [0.717, 1.165) is 4.90 Å². The van der Waals surface area contributed by atoms with Crippen LogP contribution in [0.3, 0.4) is 0 Å². The van der Waals surface area contributed by atoms with Crippen molar-refractivity contribution in [2.75, 3.05) is 12.9 Å². The van der Waals surface area contributed by atoms with Gasteiger partial charge >= 0.3 is 5.97 Å². The largest absolute Gasteiger partial charge is 0.462 e. The first-order valence-corrected chi connectivity index (χ1v) is 6.02. The normalized spacial score (nSPS) is 9.38. The molecule has 1 aromatic rings. The fourth-order valence-corrected chi connectivity index (χ4v) is 1.59. The van der Waals surface area contributed by atoms with Crippen molar-refractivity contribution in [3.63, 3.8) is 0 Å². The molecule has 84 valence electrons. The minimum absolute atomic E-state index is 0.0606. The van der Waals surface area contributed by atoms with E-state index in [4.69, 9.17) is 4.74 Å². The highest BCUT2D eigenvalue weighted by molar-refractivity contribution is 7.98. The number of thioether (sulfide) groups is 1. The fraction of sp³-hybridized carbons (Fsp3) is 0.250. The molecule has 0 fully saturated rings. The fourth-order valence-electron chi connectivity index (χ4n) is 1.18. The van der Waals surface area contributed by atoms with Gasteiger partial charge < -0.3 is 4.74 Å². The molecule has 0 saturated heterocycles. The van der Waals surface area contributed by atoms with Crippen molar-refractivity contribution in [2.45, 2.75) is 11.8 Å². The van der Waals surface area contributed by atoms with Gasteiger partial charge in [0.2, 0.25) is 0 Å². The molecule has 0 aliphatic heterocycles. The van der Waals surface area contributed by atoms with Gasteiger partial charge in [-0.2, -0.15) is 0 Å². The molecule has 0 bridgehead atoms. The highest BCUT2D eigenvalue weighted by Gasteiger charge is 2.14. The number of ether oxygens (including phenoxy) is 1. The van der Waals surface area contributed by atoms with E-state index >= 15 is 0 Å². The van der Waals surface area contributed by atoms with E-state index in [9.17, 15) is 9.59 Å². The third-order valence-corrected chi connectivity index (χ3v) is 2.70. The number of carbonyl (C=O) groups is 1. The molecule has 0 aliphatic rings. The van der Waals surface area contributed by atoms with Gasteiger partial charge in [-0.05, 0) is 25.3 Å². The second-order valence-electron chi connectivity index (χ2n) is 2.93. The standard InChI is InChI=1S/C12H12O3S/c1-3-15-12(14)11(8-13)9-4-6-10(16-2)7-5-9/h4-7H,3H2,1-2H3. The van der Waals surface area contributed by atoms with Gasteiger partial charge in [0.25, 0.3) is 0 Å². The topological polar surface area (TPSA) is 43.4 Å². The van der Waals surface area contributed by atoms with Crippen LogP contribution in [0.1, 0.15) is 12.5 Å². The zero-order valence-electron chi connectivity index (χ0n) is 9.15. The van der Waals surface area contributed by atoms with E-state index in [1.165, 1.54) is 0 Å². The number of hydrogen-bond donors (Lipinski definition) is 0. The van der Waals surface area contributed by atoms with Crippen molar-refractivity contribution in [3.8, 4) is 0 Å². The van der Waals surface area contributed by atoms with Gasteiger partial charge in [0.1, 0.15) is 5.94 Å². The lowest BCUT2D eigenvalue weighted by atomic mass is 10.1. The summed E-state index contributed by atoms with van der Waals surface area (Å²) in [4.78, 5) is 23.2. The molecule has 0 N–H and O–H groups in total. The lowest BCUT2D eigenvalue weighted by Crippen LogP contribution is -2.07. The molecule has 3 nitrogen and oxygen atoms in total. The Hall–Kier alpha value is -1.51. The number of hydrogen-bond acceptors (Lipinski definition) is 4. The molecule has 0 radical (unpaired) electrons. The second kappa shape index (κ2) is 6.16. The molecule has 0 heterocycles. The summed E-state index contributed by atoms with van der Waals surface area (Å²) in [5.74, 6) is 0.996. The first kappa shape index (κ1) is 12.6. The van der Waals surface area contributed by atoms with Crippen LogP contribution in [0.25, 0.3) is 5.57 Å². The third kappa shape index (κ3) is 2.99. The van der Waals surface area contributed by atoms with Gasteiger partial charge in [-0.3, -0.25) is 0 Å². The van der Waals surface area contributed by atoms with Crippen LogP contribution in [0, 0.1) is 0 Å². The maximum Gasteiger partial charge on any atom is 0.350 e. The van der Waals surface area contributed by atoms with Crippen LogP contribution in [0.5, 0.6) is 0 Å². The molecule has 0 spiro atoms. The summed E-state index contributed by atoms with van der Waals surface area (Å²) < 4.78 is 4.76. The Kier molecular flexibility index (Phi) is 4.83. The van der Waals surface area contributed by atoms with E-state index < -0.39 is 5.97 Å². The van der Waals surface area contributed by atoms with Crippen molar-refractivity contribution in [1.29, 1.82) is 0 Å². The summed E-state index contributed by atoms with van der Waals surface area (Å²) >= 11 is 1.59.